The molecule has 0 radical (unpaired) electrons. The standard InChI is InChI=1S/C21H31NO5/c1-6-26-21(11-7-8-15(4)13-21)20(24)22-16-9-10-18(27-14(2)3)17(12-16)19(23)25-5/h9-10,12,14-15H,6-8,11,13H2,1-5H3,(H,22,24). The fourth-order valence-electron chi connectivity index (χ4n) is 3.66. The van der Waals surface area contributed by atoms with E-state index in [1.165, 1.54) is 7.11 Å². The van der Waals surface area contributed by atoms with Gasteiger partial charge in [0.1, 0.15) is 16.9 Å². The lowest BCUT2D eigenvalue weighted by molar-refractivity contribution is -0.147. The third-order valence-electron chi connectivity index (χ3n) is 4.80. The molecule has 150 valence electrons. The summed E-state index contributed by atoms with van der Waals surface area (Å²) in [5.41, 5.74) is -0.00872. The maximum Gasteiger partial charge on any atom is 0.341 e. The van der Waals surface area contributed by atoms with E-state index in [4.69, 9.17) is 14.2 Å². The van der Waals surface area contributed by atoms with E-state index in [0.717, 1.165) is 12.8 Å². The summed E-state index contributed by atoms with van der Waals surface area (Å²) in [6, 6.07) is 5.00. The Morgan fingerprint density at radius 2 is 2.07 bits per heavy atom. The van der Waals surface area contributed by atoms with Crippen molar-refractivity contribution < 1.29 is 23.8 Å². The van der Waals surface area contributed by atoms with Gasteiger partial charge in [-0.2, -0.15) is 0 Å². The van der Waals surface area contributed by atoms with Crippen molar-refractivity contribution >= 4 is 17.6 Å². The number of esters is 1. The molecular formula is C21H31NO5. The number of anilines is 1. The minimum absolute atomic E-state index is 0.0844. The van der Waals surface area contributed by atoms with E-state index in [1.54, 1.807) is 18.2 Å². The van der Waals surface area contributed by atoms with Gasteiger partial charge in [0.05, 0.1) is 13.2 Å². The molecule has 2 unspecified atom stereocenters. The molecule has 0 bridgehead atoms. The normalized spacial score (nSPS) is 22.4. The van der Waals surface area contributed by atoms with E-state index >= 15 is 0 Å². The van der Waals surface area contributed by atoms with Crippen LogP contribution in [0.25, 0.3) is 0 Å². The maximum absolute atomic E-state index is 13.1. The van der Waals surface area contributed by atoms with Crippen LogP contribution in [0.4, 0.5) is 5.69 Å². The second-order valence-electron chi connectivity index (χ2n) is 7.45. The number of carbonyl (C=O) groups is 2. The average molecular weight is 377 g/mol. The number of nitrogens with one attached hydrogen (secondary N) is 1. The first-order valence-electron chi connectivity index (χ1n) is 9.65. The van der Waals surface area contributed by atoms with Crippen LogP contribution in [-0.2, 0) is 14.3 Å². The third kappa shape index (κ3) is 5.22. The van der Waals surface area contributed by atoms with Crippen molar-refractivity contribution in [1.82, 2.24) is 0 Å². The van der Waals surface area contributed by atoms with Gasteiger partial charge in [-0.3, -0.25) is 4.79 Å². The molecule has 1 N–H and O–H groups in total. The van der Waals surface area contributed by atoms with Crippen molar-refractivity contribution in [3.8, 4) is 5.75 Å². The molecule has 6 heteroatoms. The molecule has 1 amide bonds. The van der Waals surface area contributed by atoms with E-state index in [-0.39, 0.29) is 17.6 Å². The molecule has 0 aromatic heterocycles. The molecule has 1 aromatic carbocycles. The Labute approximate surface area is 161 Å². The van der Waals surface area contributed by atoms with Crippen LogP contribution in [-0.4, -0.2) is 37.3 Å². The van der Waals surface area contributed by atoms with Crippen LogP contribution in [0.2, 0.25) is 0 Å². The summed E-state index contributed by atoms with van der Waals surface area (Å²) in [7, 11) is 1.32. The molecule has 0 spiro atoms. The summed E-state index contributed by atoms with van der Waals surface area (Å²) in [6.45, 7) is 8.30. The summed E-state index contributed by atoms with van der Waals surface area (Å²) in [5.74, 6) is 0.195. The number of hydrogen-bond acceptors (Lipinski definition) is 5. The first kappa shape index (κ1) is 21.2. The molecule has 1 aliphatic carbocycles. The predicted octanol–water partition coefficient (Wildman–Crippen LogP) is 4.18. The molecule has 6 nitrogen and oxygen atoms in total. The second kappa shape index (κ2) is 9.22. The monoisotopic (exact) mass is 377 g/mol. The molecule has 2 atom stereocenters. The van der Waals surface area contributed by atoms with Crippen LogP contribution in [0.5, 0.6) is 5.75 Å². The Kier molecular flexibility index (Phi) is 7.25. The molecule has 1 saturated carbocycles. The summed E-state index contributed by atoms with van der Waals surface area (Å²) in [4.78, 5) is 25.2. The molecular weight excluding hydrogens is 346 g/mol. The van der Waals surface area contributed by atoms with Gasteiger partial charge in [-0.15, -0.1) is 0 Å². The van der Waals surface area contributed by atoms with Crippen LogP contribution < -0.4 is 10.1 Å². The molecule has 0 heterocycles. The largest absolute Gasteiger partial charge is 0.490 e. The molecule has 27 heavy (non-hydrogen) atoms. The Morgan fingerprint density at radius 3 is 2.67 bits per heavy atom. The van der Waals surface area contributed by atoms with Gasteiger partial charge < -0.3 is 19.5 Å². The predicted molar refractivity (Wildman–Crippen MR) is 104 cm³/mol. The Balaban J connectivity index is 2.26. The SMILES string of the molecule is CCOC1(C(=O)Nc2ccc(OC(C)C)c(C(=O)OC)c2)CCCC(C)C1. The highest BCUT2D eigenvalue weighted by Crippen LogP contribution is 2.36. The van der Waals surface area contributed by atoms with Crippen molar-refractivity contribution in [1.29, 1.82) is 0 Å². The van der Waals surface area contributed by atoms with Gasteiger partial charge in [-0.1, -0.05) is 13.3 Å². The van der Waals surface area contributed by atoms with Gasteiger partial charge in [-0.05, 0) is 64.2 Å². The van der Waals surface area contributed by atoms with Crippen molar-refractivity contribution in [2.45, 2.75) is 65.1 Å². The number of benzene rings is 1. The van der Waals surface area contributed by atoms with Crippen molar-refractivity contribution in [3.05, 3.63) is 23.8 Å². The van der Waals surface area contributed by atoms with Crippen LogP contribution in [0, 0.1) is 5.92 Å². The number of hydrogen-bond donors (Lipinski definition) is 1. The molecule has 1 aromatic rings. The fourth-order valence-corrected chi connectivity index (χ4v) is 3.66. The van der Waals surface area contributed by atoms with Gasteiger partial charge in [0.25, 0.3) is 5.91 Å². The molecule has 1 aliphatic rings. The second-order valence-corrected chi connectivity index (χ2v) is 7.45. The summed E-state index contributed by atoms with van der Waals surface area (Å²) < 4.78 is 16.5. The number of methoxy groups -OCH3 is 1. The number of amides is 1. The lowest BCUT2D eigenvalue weighted by atomic mass is 9.78. The van der Waals surface area contributed by atoms with Crippen molar-refractivity contribution in [3.63, 3.8) is 0 Å². The van der Waals surface area contributed by atoms with Crippen molar-refractivity contribution in [2.24, 2.45) is 5.92 Å². The van der Waals surface area contributed by atoms with Gasteiger partial charge in [0, 0.05) is 12.3 Å². The van der Waals surface area contributed by atoms with Crippen LogP contribution in [0.3, 0.4) is 0 Å². The zero-order chi connectivity index (χ0) is 20.0. The first-order chi connectivity index (χ1) is 12.8. The van der Waals surface area contributed by atoms with Crippen LogP contribution in [0.15, 0.2) is 18.2 Å². The van der Waals surface area contributed by atoms with E-state index < -0.39 is 11.6 Å². The van der Waals surface area contributed by atoms with Gasteiger partial charge in [-0.25, -0.2) is 4.79 Å². The van der Waals surface area contributed by atoms with E-state index in [1.807, 2.05) is 20.8 Å². The highest BCUT2D eigenvalue weighted by Gasteiger charge is 2.42. The van der Waals surface area contributed by atoms with Crippen LogP contribution >= 0.6 is 0 Å². The minimum atomic E-state index is -0.815. The van der Waals surface area contributed by atoms with E-state index in [9.17, 15) is 9.59 Å². The van der Waals surface area contributed by atoms with E-state index in [2.05, 4.69) is 12.2 Å². The van der Waals surface area contributed by atoms with Crippen LogP contribution in [0.1, 0.15) is 63.7 Å². The topological polar surface area (TPSA) is 73.9 Å². The molecule has 0 saturated heterocycles. The lowest BCUT2D eigenvalue weighted by Crippen LogP contribution is -2.48. The summed E-state index contributed by atoms with van der Waals surface area (Å²) in [6.07, 6.45) is 3.39. The summed E-state index contributed by atoms with van der Waals surface area (Å²) in [5, 5.41) is 2.93. The van der Waals surface area contributed by atoms with E-state index in [0.29, 0.717) is 36.8 Å². The van der Waals surface area contributed by atoms with Crippen molar-refractivity contribution in [2.75, 3.05) is 19.0 Å². The Bertz CT molecular complexity index is 669. The quantitative estimate of drug-likeness (QED) is 0.722. The Hall–Kier alpha value is -2.08. The molecule has 0 aliphatic heterocycles. The minimum Gasteiger partial charge on any atom is -0.490 e. The summed E-state index contributed by atoms with van der Waals surface area (Å²) >= 11 is 0. The molecule has 1 fully saturated rings. The zero-order valence-electron chi connectivity index (χ0n) is 17.0. The fraction of sp³-hybridized carbons (Fsp3) is 0.619. The molecule has 2 rings (SSSR count). The highest BCUT2D eigenvalue weighted by atomic mass is 16.5. The third-order valence-corrected chi connectivity index (χ3v) is 4.80. The lowest BCUT2D eigenvalue weighted by Gasteiger charge is -2.38. The zero-order valence-corrected chi connectivity index (χ0v) is 17.0. The smallest absolute Gasteiger partial charge is 0.341 e. The highest BCUT2D eigenvalue weighted by molar-refractivity contribution is 5.99. The Morgan fingerprint density at radius 1 is 1.33 bits per heavy atom. The average Bonchev–Trinajstić information content (AvgIpc) is 2.62. The first-order valence-corrected chi connectivity index (χ1v) is 9.65. The van der Waals surface area contributed by atoms with Gasteiger partial charge in [0.15, 0.2) is 0 Å². The number of ether oxygens (including phenoxy) is 3. The number of carbonyl (C=O) groups excluding carboxylic acids is 2. The number of rotatable bonds is 7. The van der Waals surface area contributed by atoms with Gasteiger partial charge in [0.2, 0.25) is 0 Å². The maximum atomic E-state index is 13.1. The van der Waals surface area contributed by atoms with Gasteiger partial charge >= 0.3 is 5.97 Å².